The van der Waals surface area contributed by atoms with Crippen LogP contribution in [0.25, 0.3) is 0 Å². The van der Waals surface area contributed by atoms with Crippen LogP contribution in [0, 0.1) is 0 Å². The summed E-state index contributed by atoms with van der Waals surface area (Å²) in [5.41, 5.74) is 0. The van der Waals surface area contributed by atoms with Crippen LogP contribution in [-0.4, -0.2) is 11.5 Å². The Bertz CT molecular complexity index is 27.9. The molecule has 1 heterocycles. The van der Waals surface area contributed by atoms with Gasteiger partial charge in [0.25, 0.3) is 0 Å². The minimum atomic E-state index is 0. The molecule has 0 spiro atoms. The van der Waals surface area contributed by atoms with Crippen LogP contribution < -0.4 is 6.15 Å². The monoisotopic (exact) mass is 199 g/mol. The summed E-state index contributed by atoms with van der Waals surface area (Å²) in [4.78, 5) is 0. The fourth-order valence-electron chi connectivity index (χ4n) is 0.687. The summed E-state index contributed by atoms with van der Waals surface area (Å²) in [6.45, 7) is 0. The van der Waals surface area contributed by atoms with Crippen LogP contribution in [0.1, 0.15) is 19.3 Å². The maximum absolute atomic E-state index is 2.09. The van der Waals surface area contributed by atoms with Gasteiger partial charge in [-0.25, -0.2) is 0 Å². The average Bonchev–Trinajstić information content (AvgIpc) is 1.72. The minimum absolute atomic E-state index is 0. The van der Waals surface area contributed by atoms with Gasteiger partial charge in [-0.1, -0.05) is 6.42 Å². The van der Waals surface area contributed by atoms with Crippen LogP contribution in [0.2, 0.25) is 0 Å². The Morgan fingerprint density at radius 2 is 1.38 bits per heavy atom. The molecule has 1 rings (SSSR count). The van der Waals surface area contributed by atoms with E-state index >= 15 is 0 Å². The molecular formula is C5H14BrNS. The zero-order valence-electron chi connectivity index (χ0n) is 5.06. The zero-order valence-corrected chi connectivity index (χ0v) is 7.59. The summed E-state index contributed by atoms with van der Waals surface area (Å²) >= 11 is 2.09. The van der Waals surface area contributed by atoms with E-state index in [1.54, 1.807) is 0 Å². The van der Waals surface area contributed by atoms with Crippen LogP contribution in [-0.2, 0) is 0 Å². The third-order valence-electron chi connectivity index (χ3n) is 1.08. The van der Waals surface area contributed by atoms with Gasteiger partial charge >= 0.3 is 0 Å². The Kier molecular flexibility index (Phi) is 11.3. The molecule has 1 nitrogen and oxygen atoms in total. The van der Waals surface area contributed by atoms with E-state index in [-0.39, 0.29) is 23.1 Å². The molecule has 0 aromatic carbocycles. The Hall–Kier alpha value is 0.790. The highest BCUT2D eigenvalue weighted by Crippen LogP contribution is 2.14. The molecule has 8 heavy (non-hydrogen) atoms. The largest absolute Gasteiger partial charge is 0.344 e. The standard InChI is InChI=1S/C5H10S.BrH.H3N/c1-2-4-6-5-3-1;;/h1-5H2;1H;1H3. The first-order valence-corrected chi connectivity index (χ1v) is 3.73. The molecule has 3 N–H and O–H groups in total. The molecule has 0 saturated carbocycles. The van der Waals surface area contributed by atoms with Gasteiger partial charge in [-0.3, -0.25) is 0 Å². The maximum Gasteiger partial charge on any atom is -0.00675 e. The van der Waals surface area contributed by atoms with Crippen molar-refractivity contribution in [3.63, 3.8) is 0 Å². The van der Waals surface area contributed by atoms with E-state index in [4.69, 9.17) is 0 Å². The quantitative estimate of drug-likeness (QED) is 0.652. The lowest BCUT2D eigenvalue weighted by atomic mass is 10.3. The molecule has 52 valence electrons. The summed E-state index contributed by atoms with van der Waals surface area (Å²) < 4.78 is 0. The Morgan fingerprint density at radius 3 is 1.50 bits per heavy atom. The van der Waals surface area contributed by atoms with E-state index in [1.807, 2.05) is 0 Å². The van der Waals surface area contributed by atoms with Gasteiger partial charge in [0.15, 0.2) is 0 Å². The molecule has 1 fully saturated rings. The first-order chi connectivity index (χ1) is 3.00. The second kappa shape index (κ2) is 7.79. The molecule has 0 unspecified atom stereocenters. The molecule has 0 aromatic rings. The SMILES string of the molecule is Br.C1CCSCC1.N. The lowest BCUT2D eigenvalue weighted by Gasteiger charge is -2.05. The number of rotatable bonds is 0. The predicted molar refractivity (Wildman–Crippen MR) is 46.5 cm³/mol. The van der Waals surface area contributed by atoms with E-state index in [0.717, 1.165) is 0 Å². The van der Waals surface area contributed by atoms with E-state index in [1.165, 1.54) is 30.8 Å². The molecule has 0 radical (unpaired) electrons. The second-order valence-electron chi connectivity index (χ2n) is 1.67. The first-order valence-electron chi connectivity index (χ1n) is 2.58. The Balaban J connectivity index is 0. The summed E-state index contributed by atoms with van der Waals surface area (Å²) in [6.07, 6.45) is 4.41. The number of hydrogen-bond acceptors (Lipinski definition) is 2. The third-order valence-corrected chi connectivity index (χ3v) is 2.23. The van der Waals surface area contributed by atoms with Gasteiger partial charge in [0.05, 0.1) is 0 Å². The number of halogens is 1. The van der Waals surface area contributed by atoms with Gasteiger partial charge in [0.1, 0.15) is 0 Å². The topological polar surface area (TPSA) is 35.0 Å². The lowest BCUT2D eigenvalue weighted by molar-refractivity contribution is 0.764. The fraction of sp³-hybridized carbons (Fsp3) is 1.00. The molecule has 0 atom stereocenters. The first kappa shape index (κ1) is 11.6. The number of hydrogen-bond donors (Lipinski definition) is 1. The highest BCUT2D eigenvalue weighted by molar-refractivity contribution is 8.93. The van der Waals surface area contributed by atoms with Crippen molar-refractivity contribution in [1.29, 1.82) is 0 Å². The van der Waals surface area contributed by atoms with Gasteiger partial charge in [-0.15, -0.1) is 17.0 Å². The smallest absolute Gasteiger partial charge is 0.00675 e. The van der Waals surface area contributed by atoms with Gasteiger partial charge in [-0.05, 0) is 24.3 Å². The van der Waals surface area contributed by atoms with Crippen molar-refractivity contribution in [3.8, 4) is 0 Å². The van der Waals surface area contributed by atoms with Crippen molar-refractivity contribution in [3.05, 3.63) is 0 Å². The Labute approximate surface area is 66.0 Å². The fourth-order valence-corrected chi connectivity index (χ4v) is 1.71. The van der Waals surface area contributed by atoms with Crippen LogP contribution in [0.5, 0.6) is 0 Å². The summed E-state index contributed by atoms with van der Waals surface area (Å²) in [7, 11) is 0. The molecule has 1 aliphatic heterocycles. The minimum Gasteiger partial charge on any atom is -0.344 e. The highest BCUT2D eigenvalue weighted by Gasteiger charge is 1.95. The van der Waals surface area contributed by atoms with Crippen LogP contribution in [0.4, 0.5) is 0 Å². The lowest BCUT2D eigenvalue weighted by Crippen LogP contribution is -1.91. The Morgan fingerprint density at radius 1 is 0.875 bits per heavy atom. The molecule has 0 amide bonds. The van der Waals surface area contributed by atoms with E-state index in [9.17, 15) is 0 Å². The van der Waals surface area contributed by atoms with Crippen molar-refractivity contribution in [2.24, 2.45) is 0 Å². The normalized spacial score (nSPS) is 18.0. The van der Waals surface area contributed by atoms with Crippen LogP contribution >= 0.6 is 28.7 Å². The molecule has 3 heteroatoms. The average molecular weight is 200 g/mol. The molecule has 1 saturated heterocycles. The van der Waals surface area contributed by atoms with Crippen LogP contribution in [0.3, 0.4) is 0 Å². The summed E-state index contributed by atoms with van der Waals surface area (Å²) in [5, 5.41) is 0. The van der Waals surface area contributed by atoms with Gasteiger partial charge in [-0.2, -0.15) is 11.8 Å². The van der Waals surface area contributed by atoms with Crippen molar-refractivity contribution >= 4 is 28.7 Å². The van der Waals surface area contributed by atoms with Gasteiger partial charge in [0, 0.05) is 0 Å². The molecule has 1 aliphatic rings. The third kappa shape index (κ3) is 4.94. The van der Waals surface area contributed by atoms with Crippen molar-refractivity contribution in [1.82, 2.24) is 6.15 Å². The predicted octanol–water partition coefficient (Wildman–Crippen LogP) is 2.64. The molecular weight excluding hydrogens is 186 g/mol. The van der Waals surface area contributed by atoms with Crippen molar-refractivity contribution in [2.75, 3.05) is 11.5 Å². The van der Waals surface area contributed by atoms with Crippen molar-refractivity contribution < 1.29 is 0 Å². The van der Waals surface area contributed by atoms with Gasteiger partial charge in [0.2, 0.25) is 0 Å². The van der Waals surface area contributed by atoms with E-state index in [2.05, 4.69) is 11.8 Å². The summed E-state index contributed by atoms with van der Waals surface area (Å²) in [6, 6.07) is 0. The molecule has 0 aromatic heterocycles. The molecule has 0 bridgehead atoms. The second-order valence-corrected chi connectivity index (χ2v) is 2.90. The maximum atomic E-state index is 2.09. The number of thioether (sulfide) groups is 1. The summed E-state index contributed by atoms with van der Waals surface area (Å²) in [5.74, 6) is 2.83. The highest BCUT2D eigenvalue weighted by atomic mass is 79.9. The van der Waals surface area contributed by atoms with Gasteiger partial charge < -0.3 is 6.15 Å². The molecule has 0 aliphatic carbocycles. The van der Waals surface area contributed by atoms with E-state index < -0.39 is 0 Å². The van der Waals surface area contributed by atoms with Crippen molar-refractivity contribution in [2.45, 2.75) is 19.3 Å². The van der Waals surface area contributed by atoms with Crippen LogP contribution in [0.15, 0.2) is 0 Å². The van der Waals surface area contributed by atoms with E-state index in [0.29, 0.717) is 0 Å². The zero-order chi connectivity index (χ0) is 4.24.